The highest BCUT2D eigenvalue weighted by atomic mass is 16.5. The molecule has 1 aliphatic heterocycles. The molecular weight excluding hydrogens is 230 g/mol. The number of nitrogen functional groups attached to an aromatic ring is 2. The van der Waals surface area contributed by atoms with Crippen LogP contribution in [-0.4, -0.2) is 51.0 Å². The van der Waals surface area contributed by atoms with E-state index in [9.17, 15) is 0 Å². The van der Waals surface area contributed by atoms with Crippen molar-refractivity contribution in [1.29, 1.82) is 0 Å². The predicted octanol–water partition coefficient (Wildman–Crippen LogP) is 0.707. The van der Waals surface area contributed by atoms with E-state index >= 15 is 0 Å². The Bertz CT molecular complexity index is 403. The summed E-state index contributed by atoms with van der Waals surface area (Å²) in [6, 6.07) is 5.32. The molecule has 1 heterocycles. The zero-order valence-electron chi connectivity index (χ0n) is 10.9. The Morgan fingerprint density at radius 3 is 2.72 bits per heavy atom. The van der Waals surface area contributed by atoms with Crippen molar-refractivity contribution < 1.29 is 14.0 Å². The highest BCUT2D eigenvalue weighted by molar-refractivity contribution is 5.59. The van der Waals surface area contributed by atoms with Crippen molar-refractivity contribution in [2.45, 2.75) is 0 Å². The van der Waals surface area contributed by atoms with Gasteiger partial charge in [0.05, 0.1) is 25.9 Å². The van der Waals surface area contributed by atoms with Crippen molar-refractivity contribution >= 4 is 11.4 Å². The maximum absolute atomic E-state index is 5.84. The number of hydrogen-bond acceptors (Lipinski definition) is 4. The van der Waals surface area contributed by atoms with Gasteiger partial charge in [0.25, 0.3) is 0 Å². The highest BCUT2D eigenvalue weighted by Crippen LogP contribution is 2.23. The van der Waals surface area contributed by atoms with Crippen LogP contribution in [0, 0.1) is 0 Å². The molecule has 1 aliphatic rings. The van der Waals surface area contributed by atoms with Crippen LogP contribution in [0.3, 0.4) is 0 Å². The van der Waals surface area contributed by atoms with E-state index in [1.807, 2.05) is 0 Å². The number of likely N-dealkylation sites (N-methyl/N-ethyl adjacent to an activating group) is 1. The molecule has 0 aliphatic carbocycles. The van der Waals surface area contributed by atoms with Crippen molar-refractivity contribution in [3.63, 3.8) is 0 Å². The van der Waals surface area contributed by atoms with Gasteiger partial charge in [0, 0.05) is 11.8 Å². The lowest BCUT2D eigenvalue weighted by atomic mass is 10.2. The Hall–Kier alpha value is -1.46. The van der Waals surface area contributed by atoms with Crippen LogP contribution >= 0.6 is 0 Å². The summed E-state index contributed by atoms with van der Waals surface area (Å²) in [6.45, 7) is 5.33. The van der Waals surface area contributed by atoms with Crippen LogP contribution in [0.1, 0.15) is 0 Å². The van der Waals surface area contributed by atoms with E-state index in [0.29, 0.717) is 23.7 Å². The lowest BCUT2D eigenvalue weighted by molar-refractivity contribution is -0.916. The number of ether oxygens (including phenoxy) is 2. The van der Waals surface area contributed by atoms with E-state index in [-0.39, 0.29) is 0 Å². The topological polar surface area (TPSA) is 70.5 Å². The number of nitrogens with two attached hydrogens (primary N) is 2. The second-order valence-electron chi connectivity index (χ2n) is 5.05. The molecule has 5 heteroatoms. The molecule has 0 unspecified atom stereocenters. The first kappa shape index (κ1) is 13.0. The van der Waals surface area contributed by atoms with Gasteiger partial charge in [-0.1, -0.05) is 0 Å². The molecule has 1 aromatic carbocycles. The zero-order chi connectivity index (χ0) is 13.0. The first-order valence-electron chi connectivity index (χ1n) is 6.28. The Morgan fingerprint density at radius 1 is 1.28 bits per heavy atom. The molecule has 0 spiro atoms. The SMILES string of the molecule is C[N+]1(CCOc2cc(N)ccc2N)CCOCC1. The minimum Gasteiger partial charge on any atom is -0.485 e. The first-order valence-corrected chi connectivity index (χ1v) is 6.28. The molecule has 100 valence electrons. The summed E-state index contributed by atoms with van der Waals surface area (Å²) in [5.41, 5.74) is 12.9. The largest absolute Gasteiger partial charge is 0.485 e. The van der Waals surface area contributed by atoms with Crippen molar-refractivity contribution in [2.24, 2.45) is 0 Å². The molecule has 0 aromatic heterocycles. The predicted molar refractivity (Wildman–Crippen MR) is 72.4 cm³/mol. The standard InChI is InChI=1S/C13H22N3O2/c1-16(4-7-17-8-5-16)6-9-18-13-10-11(14)2-3-12(13)15/h2-3,10H,4-9,14-15H2,1H3/q+1. The van der Waals surface area contributed by atoms with Gasteiger partial charge in [-0.2, -0.15) is 0 Å². The average Bonchev–Trinajstić information content (AvgIpc) is 2.34. The molecule has 4 N–H and O–H groups in total. The van der Waals surface area contributed by atoms with Crippen LogP contribution < -0.4 is 16.2 Å². The van der Waals surface area contributed by atoms with Gasteiger partial charge in [0.15, 0.2) is 0 Å². The third-order valence-electron chi connectivity index (χ3n) is 3.48. The Kier molecular flexibility index (Phi) is 3.93. The number of hydrogen-bond donors (Lipinski definition) is 2. The van der Waals surface area contributed by atoms with E-state index in [1.54, 1.807) is 18.2 Å². The normalized spacial score (nSPS) is 18.5. The van der Waals surface area contributed by atoms with Crippen LogP contribution in [0.15, 0.2) is 18.2 Å². The van der Waals surface area contributed by atoms with Crippen LogP contribution in [0.5, 0.6) is 5.75 Å². The fraction of sp³-hybridized carbons (Fsp3) is 0.538. The second-order valence-corrected chi connectivity index (χ2v) is 5.05. The number of morpholine rings is 1. The summed E-state index contributed by atoms with van der Waals surface area (Å²) >= 11 is 0. The Balaban J connectivity index is 1.86. The number of nitrogens with zero attached hydrogens (tertiary/aromatic N) is 1. The van der Waals surface area contributed by atoms with E-state index in [1.165, 1.54) is 0 Å². The lowest BCUT2D eigenvalue weighted by Gasteiger charge is -2.37. The van der Waals surface area contributed by atoms with Crippen LogP contribution in [0.2, 0.25) is 0 Å². The van der Waals surface area contributed by atoms with E-state index in [4.69, 9.17) is 20.9 Å². The summed E-state index contributed by atoms with van der Waals surface area (Å²) in [4.78, 5) is 0. The molecule has 0 bridgehead atoms. The molecule has 5 nitrogen and oxygen atoms in total. The van der Waals surface area contributed by atoms with Gasteiger partial charge in [-0.25, -0.2) is 0 Å². The molecule has 0 amide bonds. The van der Waals surface area contributed by atoms with Gasteiger partial charge in [-0.15, -0.1) is 0 Å². The third-order valence-corrected chi connectivity index (χ3v) is 3.48. The number of benzene rings is 1. The smallest absolute Gasteiger partial charge is 0.144 e. The molecular formula is C13H22N3O2+. The van der Waals surface area contributed by atoms with Crippen molar-refractivity contribution in [2.75, 3.05) is 58.0 Å². The quantitative estimate of drug-likeness (QED) is 0.611. The molecule has 18 heavy (non-hydrogen) atoms. The zero-order valence-corrected chi connectivity index (χ0v) is 10.9. The maximum Gasteiger partial charge on any atom is 0.144 e. The Labute approximate surface area is 108 Å². The van der Waals surface area contributed by atoms with Gasteiger partial charge in [-0.05, 0) is 12.1 Å². The summed E-state index contributed by atoms with van der Waals surface area (Å²) in [5, 5.41) is 0. The fourth-order valence-corrected chi connectivity index (χ4v) is 2.06. The summed E-state index contributed by atoms with van der Waals surface area (Å²) in [7, 11) is 2.23. The van der Waals surface area contributed by atoms with Crippen molar-refractivity contribution in [3.05, 3.63) is 18.2 Å². The van der Waals surface area contributed by atoms with Crippen LogP contribution in [0.25, 0.3) is 0 Å². The van der Waals surface area contributed by atoms with E-state index in [2.05, 4.69) is 7.05 Å². The molecule has 0 radical (unpaired) electrons. The maximum atomic E-state index is 5.84. The first-order chi connectivity index (χ1) is 8.59. The summed E-state index contributed by atoms with van der Waals surface area (Å²) in [5.74, 6) is 0.676. The number of quaternary nitrogens is 1. The van der Waals surface area contributed by atoms with Gasteiger partial charge in [0.1, 0.15) is 32.0 Å². The van der Waals surface area contributed by atoms with Crippen molar-refractivity contribution in [3.8, 4) is 5.75 Å². The average molecular weight is 252 g/mol. The summed E-state index contributed by atoms with van der Waals surface area (Å²) < 4.78 is 12.1. The van der Waals surface area contributed by atoms with E-state index < -0.39 is 0 Å². The van der Waals surface area contributed by atoms with Crippen molar-refractivity contribution in [1.82, 2.24) is 0 Å². The molecule has 1 fully saturated rings. The van der Waals surface area contributed by atoms with Gasteiger partial charge >= 0.3 is 0 Å². The fourth-order valence-electron chi connectivity index (χ4n) is 2.06. The second kappa shape index (κ2) is 5.46. The molecule has 0 saturated carbocycles. The molecule has 1 saturated heterocycles. The lowest BCUT2D eigenvalue weighted by Crippen LogP contribution is -2.53. The number of anilines is 2. The molecule has 1 aromatic rings. The summed E-state index contributed by atoms with van der Waals surface area (Å²) in [6.07, 6.45) is 0. The van der Waals surface area contributed by atoms with E-state index in [0.717, 1.165) is 37.3 Å². The Morgan fingerprint density at radius 2 is 2.00 bits per heavy atom. The highest BCUT2D eigenvalue weighted by Gasteiger charge is 2.24. The third kappa shape index (κ3) is 3.27. The monoisotopic (exact) mass is 252 g/mol. The minimum absolute atomic E-state index is 0.633. The minimum atomic E-state index is 0.633. The van der Waals surface area contributed by atoms with Crippen LogP contribution in [-0.2, 0) is 4.74 Å². The van der Waals surface area contributed by atoms with Gasteiger partial charge in [0.2, 0.25) is 0 Å². The molecule has 0 atom stereocenters. The van der Waals surface area contributed by atoms with Gasteiger partial charge in [-0.3, -0.25) is 0 Å². The molecule has 2 rings (SSSR count). The van der Waals surface area contributed by atoms with Gasteiger partial charge < -0.3 is 25.4 Å². The van der Waals surface area contributed by atoms with Crippen LogP contribution in [0.4, 0.5) is 11.4 Å². The number of rotatable bonds is 4.